The fourth-order valence-electron chi connectivity index (χ4n) is 2.49. The summed E-state index contributed by atoms with van der Waals surface area (Å²) >= 11 is 3.65. The van der Waals surface area contributed by atoms with Crippen molar-refractivity contribution in [3.8, 4) is 0 Å². The fraction of sp³-hybridized carbons (Fsp3) is 0.100. The zero-order valence-corrected chi connectivity index (χ0v) is 19.2. The highest BCUT2D eigenvalue weighted by Gasteiger charge is 2.27. The Morgan fingerprint density at radius 1 is 1.14 bits per heavy atom. The van der Waals surface area contributed by atoms with Crippen molar-refractivity contribution >= 4 is 61.8 Å². The molecule has 2 aromatic carbocycles. The lowest BCUT2D eigenvalue weighted by Crippen LogP contribution is -2.39. The van der Waals surface area contributed by atoms with Gasteiger partial charge in [0.15, 0.2) is 0 Å². The quantitative estimate of drug-likeness (QED) is 0.280. The minimum Gasteiger partial charge on any atom is -0.271 e. The summed E-state index contributed by atoms with van der Waals surface area (Å²) in [6.07, 6.45) is 1.55. The molecule has 29 heavy (non-hydrogen) atoms. The molecule has 3 aromatic rings. The summed E-state index contributed by atoms with van der Waals surface area (Å²) in [5.41, 5.74) is 3.87. The molecule has 0 radical (unpaired) electrons. The van der Waals surface area contributed by atoms with Crippen LogP contribution in [-0.4, -0.2) is 27.1 Å². The highest BCUT2D eigenvalue weighted by atomic mass is 127. The topological polar surface area (TPSA) is 78.8 Å². The molecule has 3 rings (SSSR count). The van der Waals surface area contributed by atoms with E-state index in [1.165, 1.54) is 23.5 Å². The van der Waals surface area contributed by atoms with Crippen molar-refractivity contribution in [1.29, 1.82) is 0 Å². The zero-order chi connectivity index (χ0) is 20.9. The zero-order valence-electron chi connectivity index (χ0n) is 15.4. The van der Waals surface area contributed by atoms with E-state index in [9.17, 15) is 13.2 Å². The number of nitrogens with one attached hydrogen (secondary N) is 1. The second-order valence-electron chi connectivity index (χ2n) is 6.06. The Bertz CT molecular complexity index is 1110. The number of amides is 1. The third kappa shape index (κ3) is 5.43. The van der Waals surface area contributed by atoms with E-state index in [0.29, 0.717) is 5.69 Å². The molecule has 1 N–H and O–H groups in total. The molecular formula is C20H18IN3O3S2. The van der Waals surface area contributed by atoms with Gasteiger partial charge in [0, 0.05) is 8.45 Å². The van der Waals surface area contributed by atoms with Crippen molar-refractivity contribution in [3.05, 3.63) is 80.1 Å². The van der Waals surface area contributed by atoms with Crippen molar-refractivity contribution in [2.75, 3.05) is 10.8 Å². The van der Waals surface area contributed by atoms with Crippen molar-refractivity contribution in [2.45, 2.75) is 11.8 Å². The molecule has 1 heterocycles. The molecule has 0 aliphatic rings. The van der Waals surface area contributed by atoms with Gasteiger partial charge < -0.3 is 0 Å². The van der Waals surface area contributed by atoms with Gasteiger partial charge in [-0.3, -0.25) is 9.10 Å². The summed E-state index contributed by atoms with van der Waals surface area (Å²) in [5.74, 6) is -0.534. The maximum absolute atomic E-state index is 13.2. The third-order valence-corrected chi connectivity index (χ3v) is 7.47. The number of anilines is 1. The standard InChI is InChI=1S/C20H18IN3O3S2/c1-15-11-12-28-19(15)13-22-23-20(25)14-24(17-9-7-16(21)8-10-17)29(26,27)18-5-3-2-4-6-18/h2-13H,14H2,1H3,(H,23,25)/b22-13-. The Kier molecular flexibility index (Phi) is 7.04. The monoisotopic (exact) mass is 539 g/mol. The number of aryl methyl sites for hydroxylation is 1. The number of nitrogens with zero attached hydrogens (tertiary/aromatic N) is 2. The molecule has 9 heteroatoms. The predicted molar refractivity (Wildman–Crippen MR) is 125 cm³/mol. The lowest BCUT2D eigenvalue weighted by Gasteiger charge is -2.23. The number of halogens is 1. The number of rotatable bonds is 7. The van der Waals surface area contributed by atoms with Crippen molar-refractivity contribution < 1.29 is 13.2 Å². The van der Waals surface area contributed by atoms with E-state index in [2.05, 4.69) is 33.1 Å². The number of carbonyl (C=O) groups is 1. The van der Waals surface area contributed by atoms with Crippen LogP contribution in [0.4, 0.5) is 5.69 Å². The predicted octanol–water partition coefficient (Wildman–Crippen LogP) is 4.01. The average Bonchev–Trinajstić information content (AvgIpc) is 3.12. The van der Waals surface area contributed by atoms with Gasteiger partial charge in [-0.15, -0.1) is 11.3 Å². The molecule has 0 aliphatic heterocycles. The van der Waals surface area contributed by atoms with Crippen LogP contribution in [0.25, 0.3) is 0 Å². The highest BCUT2D eigenvalue weighted by molar-refractivity contribution is 14.1. The Balaban J connectivity index is 1.83. The van der Waals surface area contributed by atoms with Gasteiger partial charge in [0.2, 0.25) is 0 Å². The first kappa shape index (κ1) is 21.5. The largest absolute Gasteiger partial charge is 0.271 e. The lowest BCUT2D eigenvalue weighted by atomic mass is 10.3. The summed E-state index contributed by atoms with van der Waals surface area (Å²) in [5, 5.41) is 5.89. The van der Waals surface area contributed by atoms with Crippen LogP contribution in [0, 0.1) is 10.5 Å². The lowest BCUT2D eigenvalue weighted by molar-refractivity contribution is -0.119. The van der Waals surface area contributed by atoms with E-state index in [4.69, 9.17) is 0 Å². The van der Waals surface area contributed by atoms with Gasteiger partial charge >= 0.3 is 0 Å². The van der Waals surface area contributed by atoms with Gasteiger partial charge in [-0.25, -0.2) is 13.8 Å². The molecule has 0 spiro atoms. The van der Waals surface area contributed by atoms with E-state index >= 15 is 0 Å². The summed E-state index contributed by atoms with van der Waals surface area (Å²) in [6, 6.07) is 16.9. The Labute approximate surface area is 187 Å². The summed E-state index contributed by atoms with van der Waals surface area (Å²) in [7, 11) is -3.92. The maximum Gasteiger partial charge on any atom is 0.264 e. The number of hydrogen-bond donors (Lipinski definition) is 1. The molecule has 0 bridgehead atoms. The minimum atomic E-state index is -3.92. The molecule has 0 saturated carbocycles. The second kappa shape index (κ2) is 9.51. The Hall–Kier alpha value is -2.24. The van der Waals surface area contributed by atoms with Crippen LogP contribution in [0.3, 0.4) is 0 Å². The molecule has 0 saturated heterocycles. The number of hydrazone groups is 1. The Morgan fingerprint density at radius 2 is 1.83 bits per heavy atom. The van der Waals surface area contributed by atoms with Crippen LogP contribution >= 0.6 is 33.9 Å². The average molecular weight is 539 g/mol. The molecule has 6 nitrogen and oxygen atoms in total. The molecule has 0 aliphatic carbocycles. The first-order chi connectivity index (χ1) is 13.9. The van der Waals surface area contributed by atoms with Crippen LogP contribution in [-0.2, 0) is 14.8 Å². The summed E-state index contributed by atoms with van der Waals surface area (Å²) in [6.45, 7) is 1.56. The van der Waals surface area contributed by atoms with Gasteiger partial charge in [-0.2, -0.15) is 5.10 Å². The highest BCUT2D eigenvalue weighted by Crippen LogP contribution is 2.24. The molecule has 1 amide bonds. The van der Waals surface area contributed by atoms with Crippen LogP contribution < -0.4 is 9.73 Å². The van der Waals surface area contributed by atoms with Gasteiger partial charge in [0.1, 0.15) is 6.54 Å². The van der Waals surface area contributed by atoms with E-state index in [-0.39, 0.29) is 4.90 Å². The van der Waals surface area contributed by atoms with E-state index in [0.717, 1.165) is 18.3 Å². The van der Waals surface area contributed by atoms with E-state index < -0.39 is 22.5 Å². The SMILES string of the molecule is Cc1ccsc1/C=N\NC(=O)CN(c1ccc(I)cc1)S(=O)(=O)c1ccccc1. The number of benzene rings is 2. The molecule has 0 atom stereocenters. The molecule has 0 unspecified atom stereocenters. The summed E-state index contributed by atoms with van der Waals surface area (Å²) < 4.78 is 28.4. The van der Waals surface area contributed by atoms with Crippen LogP contribution in [0.15, 0.2) is 76.0 Å². The number of thiophene rings is 1. The van der Waals surface area contributed by atoms with Gasteiger partial charge in [0.05, 0.1) is 16.8 Å². The normalized spacial score (nSPS) is 11.5. The molecule has 150 valence electrons. The first-order valence-electron chi connectivity index (χ1n) is 8.57. The maximum atomic E-state index is 13.2. The fourth-order valence-corrected chi connectivity index (χ4v) is 5.08. The second-order valence-corrected chi connectivity index (χ2v) is 10.1. The first-order valence-corrected chi connectivity index (χ1v) is 12.0. The van der Waals surface area contributed by atoms with Gasteiger partial charge in [-0.05, 0) is 82.9 Å². The number of sulfonamides is 1. The van der Waals surface area contributed by atoms with Crippen molar-refractivity contribution in [1.82, 2.24) is 5.43 Å². The number of hydrogen-bond acceptors (Lipinski definition) is 5. The number of carbonyl (C=O) groups excluding carboxylic acids is 1. The Morgan fingerprint density at radius 3 is 2.45 bits per heavy atom. The van der Waals surface area contributed by atoms with Crippen LogP contribution in [0.1, 0.15) is 10.4 Å². The van der Waals surface area contributed by atoms with Crippen LogP contribution in [0.5, 0.6) is 0 Å². The smallest absolute Gasteiger partial charge is 0.264 e. The van der Waals surface area contributed by atoms with E-state index in [1.807, 2.05) is 18.4 Å². The van der Waals surface area contributed by atoms with Gasteiger partial charge in [0.25, 0.3) is 15.9 Å². The van der Waals surface area contributed by atoms with Crippen LogP contribution in [0.2, 0.25) is 0 Å². The van der Waals surface area contributed by atoms with Gasteiger partial charge in [-0.1, -0.05) is 18.2 Å². The molecule has 1 aromatic heterocycles. The minimum absolute atomic E-state index is 0.115. The van der Waals surface area contributed by atoms with Crippen molar-refractivity contribution in [3.63, 3.8) is 0 Å². The molecule has 0 fully saturated rings. The van der Waals surface area contributed by atoms with Crippen molar-refractivity contribution in [2.24, 2.45) is 5.10 Å². The summed E-state index contributed by atoms with van der Waals surface area (Å²) in [4.78, 5) is 13.5. The molecular weight excluding hydrogens is 521 g/mol. The van der Waals surface area contributed by atoms with E-state index in [1.54, 1.807) is 48.7 Å². The third-order valence-electron chi connectivity index (χ3n) is 4.01.